The Labute approximate surface area is 54.8 Å². The van der Waals surface area contributed by atoms with E-state index in [0.29, 0.717) is 11.4 Å². The summed E-state index contributed by atoms with van der Waals surface area (Å²) in [5.41, 5.74) is 5.96. The molecule has 0 spiro atoms. The molecule has 0 aliphatic heterocycles. The molecule has 0 aliphatic rings. The Morgan fingerprint density at radius 2 is 2.62 bits per heavy atom. The summed E-state index contributed by atoms with van der Waals surface area (Å²) in [5, 5.41) is 7.10. The smallest absolute Gasteiger partial charge is 0.222 e. The Morgan fingerprint density at radius 3 is 2.88 bits per heavy atom. The van der Waals surface area contributed by atoms with Crippen LogP contribution in [0.4, 0.5) is 5.95 Å². The van der Waals surface area contributed by atoms with E-state index in [-0.39, 0.29) is 0 Å². The topological polar surface area (TPSA) is 56.7 Å². The fraction of sp³-hybridized carbons (Fsp3) is 0.333. The molecule has 0 radical (unpaired) electrons. The molecular formula is C3H5BrN4. The first-order valence-corrected chi connectivity index (χ1v) is 3.16. The van der Waals surface area contributed by atoms with Crippen molar-refractivity contribution >= 4 is 21.9 Å². The van der Waals surface area contributed by atoms with Crippen molar-refractivity contribution in [1.29, 1.82) is 0 Å². The van der Waals surface area contributed by atoms with Gasteiger partial charge in [0.2, 0.25) is 5.95 Å². The number of hydrogen-bond acceptors (Lipinski definition) is 3. The second-order valence-electron chi connectivity index (χ2n) is 1.28. The minimum Gasteiger partial charge on any atom is -0.368 e. The van der Waals surface area contributed by atoms with Crippen LogP contribution >= 0.6 is 15.9 Å². The van der Waals surface area contributed by atoms with Crippen molar-refractivity contribution in [3.8, 4) is 0 Å². The summed E-state index contributed by atoms with van der Waals surface area (Å²) in [7, 11) is 0. The van der Waals surface area contributed by atoms with Crippen molar-refractivity contribution in [2.24, 2.45) is 0 Å². The molecule has 1 rings (SSSR count). The predicted molar refractivity (Wildman–Crippen MR) is 33.4 cm³/mol. The minimum absolute atomic E-state index is 0.432. The van der Waals surface area contributed by atoms with Gasteiger partial charge in [-0.2, -0.15) is 0 Å². The van der Waals surface area contributed by atoms with E-state index < -0.39 is 0 Å². The molecule has 2 N–H and O–H groups in total. The second-order valence-corrected chi connectivity index (χ2v) is 1.78. The van der Waals surface area contributed by atoms with E-state index in [1.165, 1.54) is 0 Å². The molecule has 1 aromatic heterocycles. The molecular weight excluding hydrogens is 172 g/mol. The monoisotopic (exact) mass is 176 g/mol. The zero-order valence-corrected chi connectivity index (χ0v) is 5.67. The highest BCUT2D eigenvalue weighted by Gasteiger charge is 1.92. The van der Waals surface area contributed by atoms with E-state index in [9.17, 15) is 0 Å². The first kappa shape index (κ1) is 5.55. The molecule has 1 heterocycles. The van der Waals surface area contributed by atoms with Gasteiger partial charge in [-0.3, -0.25) is 4.57 Å². The predicted octanol–water partition coefficient (Wildman–Crippen LogP) is 0.213. The Kier molecular flexibility index (Phi) is 1.48. The number of rotatable bonds is 1. The van der Waals surface area contributed by atoms with Crippen LogP contribution < -0.4 is 5.73 Å². The van der Waals surface area contributed by atoms with Gasteiger partial charge in [-0.15, -0.1) is 10.2 Å². The van der Waals surface area contributed by atoms with Crippen LogP contribution in [0.25, 0.3) is 0 Å². The van der Waals surface area contributed by atoms with Crippen LogP contribution in [0.1, 0.15) is 0 Å². The van der Waals surface area contributed by atoms with Gasteiger partial charge in [0.25, 0.3) is 0 Å². The van der Waals surface area contributed by atoms with Gasteiger partial charge in [0, 0.05) is 0 Å². The molecule has 1 aromatic rings. The lowest BCUT2D eigenvalue weighted by Gasteiger charge is -1.91. The third-order valence-corrected chi connectivity index (χ3v) is 1.31. The maximum Gasteiger partial charge on any atom is 0.222 e. The highest BCUT2D eigenvalue weighted by atomic mass is 79.9. The highest BCUT2D eigenvalue weighted by molar-refractivity contribution is 9.08. The third kappa shape index (κ3) is 0.812. The minimum atomic E-state index is 0.432. The van der Waals surface area contributed by atoms with Crippen molar-refractivity contribution in [1.82, 2.24) is 14.8 Å². The number of halogens is 1. The largest absolute Gasteiger partial charge is 0.368 e. The number of nitrogen functional groups attached to an aromatic ring is 1. The first-order chi connectivity index (χ1) is 3.84. The lowest BCUT2D eigenvalue weighted by Crippen LogP contribution is -1.97. The van der Waals surface area contributed by atoms with Crippen LogP contribution in [0.2, 0.25) is 0 Å². The molecule has 0 unspecified atom stereocenters. The molecule has 0 fully saturated rings. The van der Waals surface area contributed by atoms with E-state index >= 15 is 0 Å². The average Bonchev–Trinajstić information content (AvgIpc) is 2.14. The Hall–Kier alpha value is -0.580. The molecule has 0 bridgehead atoms. The van der Waals surface area contributed by atoms with Crippen LogP contribution in [-0.4, -0.2) is 14.8 Å². The molecule has 0 amide bonds. The summed E-state index contributed by atoms with van der Waals surface area (Å²) >= 11 is 3.19. The Balaban J connectivity index is 2.92. The lowest BCUT2D eigenvalue weighted by atomic mass is 11.0. The molecule has 44 valence electrons. The molecule has 0 saturated carbocycles. The van der Waals surface area contributed by atoms with Crippen LogP contribution in [0, 0.1) is 0 Å². The summed E-state index contributed by atoms with van der Waals surface area (Å²) in [5.74, 6) is 0.432. The number of nitrogens with two attached hydrogens (primary N) is 1. The number of aromatic nitrogens is 3. The zero-order valence-electron chi connectivity index (χ0n) is 4.08. The number of anilines is 1. The highest BCUT2D eigenvalue weighted by Crippen LogP contribution is 1.97. The van der Waals surface area contributed by atoms with Gasteiger partial charge in [-0.25, -0.2) is 0 Å². The molecule has 0 saturated heterocycles. The van der Waals surface area contributed by atoms with Gasteiger partial charge in [0.15, 0.2) is 0 Å². The normalized spacial score (nSPS) is 9.62. The molecule has 8 heavy (non-hydrogen) atoms. The fourth-order valence-corrected chi connectivity index (χ4v) is 0.742. The third-order valence-electron chi connectivity index (χ3n) is 0.774. The number of hydrogen-bond donors (Lipinski definition) is 1. The Morgan fingerprint density at radius 1 is 1.88 bits per heavy atom. The van der Waals surface area contributed by atoms with Crippen molar-refractivity contribution in [3.05, 3.63) is 6.33 Å². The second kappa shape index (κ2) is 2.13. The van der Waals surface area contributed by atoms with Crippen LogP contribution in [0.5, 0.6) is 0 Å². The van der Waals surface area contributed by atoms with E-state index in [1.807, 2.05) is 0 Å². The Bertz CT molecular complexity index is 172. The van der Waals surface area contributed by atoms with Gasteiger partial charge < -0.3 is 5.73 Å². The quantitative estimate of drug-likeness (QED) is 0.624. The van der Waals surface area contributed by atoms with Crippen LogP contribution in [0.15, 0.2) is 6.33 Å². The summed E-state index contributed by atoms with van der Waals surface area (Å²) in [6, 6.07) is 0. The van der Waals surface area contributed by atoms with Crippen molar-refractivity contribution in [2.45, 2.75) is 5.45 Å². The molecule has 4 nitrogen and oxygen atoms in total. The summed E-state index contributed by atoms with van der Waals surface area (Å²) < 4.78 is 1.68. The SMILES string of the molecule is Nc1nncn1CBr. The van der Waals surface area contributed by atoms with Gasteiger partial charge in [-0.05, 0) is 0 Å². The van der Waals surface area contributed by atoms with Gasteiger partial charge in [0.1, 0.15) is 6.33 Å². The standard InChI is InChI=1S/C3H5BrN4/c4-1-8-2-6-7-3(8)5/h2H,1H2,(H2,5,7). The average molecular weight is 177 g/mol. The number of alkyl halides is 1. The zero-order chi connectivity index (χ0) is 5.98. The molecule has 0 aliphatic carbocycles. The molecule has 5 heteroatoms. The summed E-state index contributed by atoms with van der Waals surface area (Å²) in [6.45, 7) is 0. The van der Waals surface area contributed by atoms with Crippen LogP contribution in [0.3, 0.4) is 0 Å². The van der Waals surface area contributed by atoms with Gasteiger partial charge in [0.05, 0.1) is 5.45 Å². The molecule has 0 aromatic carbocycles. The number of nitrogens with zero attached hydrogens (tertiary/aromatic N) is 3. The van der Waals surface area contributed by atoms with Crippen LogP contribution in [-0.2, 0) is 5.45 Å². The van der Waals surface area contributed by atoms with E-state index in [0.717, 1.165) is 0 Å². The summed E-state index contributed by atoms with van der Waals surface area (Å²) in [4.78, 5) is 0. The van der Waals surface area contributed by atoms with Gasteiger partial charge >= 0.3 is 0 Å². The maximum absolute atomic E-state index is 5.31. The van der Waals surface area contributed by atoms with E-state index in [1.54, 1.807) is 10.9 Å². The maximum atomic E-state index is 5.31. The van der Waals surface area contributed by atoms with E-state index in [4.69, 9.17) is 5.73 Å². The summed E-state index contributed by atoms with van der Waals surface area (Å²) in [6.07, 6.45) is 1.56. The fourth-order valence-electron chi connectivity index (χ4n) is 0.356. The van der Waals surface area contributed by atoms with Crippen molar-refractivity contribution < 1.29 is 0 Å². The van der Waals surface area contributed by atoms with Gasteiger partial charge in [-0.1, -0.05) is 15.9 Å². The van der Waals surface area contributed by atoms with Crippen molar-refractivity contribution in [3.63, 3.8) is 0 Å². The van der Waals surface area contributed by atoms with E-state index in [2.05, 4.69) is 26.1 Å². The molecule has 0 atom stereocenters. The lowest BCUT2D eigenvalue weighted by molar-refractivity contribution is 0.912. The first-order valence-electron chi connectivity index (χ1n) is 2.04. The van der Waals surface area contributed by atoms with Crippen molar-refractivity contribution in [2.75, 3.05) is 5.73 Å².